The third kappa shape index (κ3) is 6.38. The summed E-state index contributed by atoms with van der Waals surface area (Å²) in [6.45, 7) is 3.90. The second kappa shape index (κ2) is 11.9. The fourth-order valence-electron chi connectivity index (χ4n) is 3.53. The normalized spacial score (nSPS) is 15.6. The average molecular weight is 494 g/mol. The fourth-order valence-corrected chi connectivity index (χ4v) is 3.53. The lowest BCUT2D eigenvalue weighted by Gasteiger charge is -2.29. The van der Waals surface area contributed by atoms with Crippen LogP contribution in [0.5, 0.6) is 5.75 Å². The first-order valence-electron chi connectivity index (χ1n) is 9.66. The molecule has 2 N–H and O–H groups in total. The van der Waals surface area contributed by atoms with Gasteiger partial charge in [-0.15, -0.1) is 24.0 Å². The molecule has 1 unspecified atom stereocenters. The van der Waals surface area contributed by atoms with E-state index in [0.29, 0.717) is 6.04 Å². The molecule has 1 atom stereocenters. The molecular formula is C22H31IN4O. The van der Waals surface area contributed by atoms with Gasteiger partial charge in [0.1, 0.15) is 5.75 Å². The van der Waals surface area contributed by atoms with Gasteiger partial charge in [-0.25, -0.2) is 0 Å². The van der Waals surface area contributed by atoms with Crippen molar-refractivity contribution in [2.24, 2.45) is 4.99 Å². The van der Waals surface area contributed by atoms with Crippen molar-refractivity contribution in [2.75, 3.05) is 33.8 Å². The lowest BCUT2D eigenvalue weighted by Crippen LogP contribution is -2.42. The summed E-state index contributed by atoms with van der Waals surface area (Å²) in [5.74, 6) is 1.70. The first-order valence-corrected chi connectivity index (χ1v) is 9.66. The molecule has 2 aromatic rings. The highest BCUT2D eigenvalue weighted by molar-refractivity contribution is 14.0. The van der Waals surface area contributed by atoms with Gasteiger partial charge < -0.3 is 15.4 Å². The molecule has 1 heterocycles. The van der Waals surface area contributed by atoms with Gasteiger partial charge in [-0.1, -0.05) is 42.5 Å². The van der Waals surface area contributed by atoms with E-state index < -0.39 is 0 Å². The summed E-state index contributed by atoms with van der Waals surface area (Å²) in [5.41, 5.74) is 2.55. The van der Waals surface area contributed by atoms with Gasteiger partial charge in [-0.3, -0.25) is 9.89 Å². The third-order valence-corrected chi connectivity index (χ3v) is 5.07. The highest BCUT2D eigenvalue weighted by Gasteiger charge is 2.23. The van der Waals surface area contributed by atoms with Crippen molar-refractivity contribution in [1.82, 2.24) is 15.5 Å². The van der Waals surface area contributed by atoms with Crippen LogP contribution in [0.25, 0.3) is 0 Å². The van der Waals surface area contributed by atoms with Crippen LogP contribution in [-0.4, -0.2) is 44.7 Å². The van der Waals surface area contributed by atoms with E-state index in [-0.39, 0.29) is 24.0 Å². The van der Waals surface area contributed by atoms with E-state index in [0.717, 1.165) is 24.8 Å². The summed E-state index contributed by atoms with van der Waals surface area (Å²) in [7, 11) is 3.50. The second-order valence-electron chi connectivity index (χ2n) is 6.82. The van der Waals surface area contributed by atoms with Gasteiger partial charge in [-0.2, -0.15) is 0 Å². The zero-order valence-corrected chi connectivity index (χ0v) is 19.1. The Labute approximate surface area is 185 Å². The summed E-state index contributed by atoms with van der Waals surface area (Å²) in [5, 5.41) is 6.91. The average Bonchev–Trinajstić information content (AvgIpc) is 3.26. The number of likely N-dealkylation sites (tertiary alicyclic amines) is 1. The van der Waals surface area contributed by atoms with Crippen LogP contribution in [-0.2, 0) is 6.54 Å². The van der Waals surface area contributed by atoms with Crippen LogP contribution in [0.3, 0.4) is 0 Å². The van der Waals surface area contributed by atoms with Crippen molar-refractivity contribution in [1.29, 1.82) is 0 Å². The molecule has 0 amide bonds. The maximum absolute atomic E-state index is 5.21. The lowest BCUT2D eigenvalue weighted by atomic mass is 10.1. The van der Waals surface area contributed by atoms with Crippen molar-refractivity contribution in [3.05, 3.63) is 65.7 Å². The van der Waals surface area contributed by atoms with Crippen LogP contribution in [0.15, 0.2) is 59.6 Å². The molecule has 3 rings (SSSR count). The third-order valence-electron chi connectivity index (χ3n) is 5.07. The lowest BCUT2D eigenvalue weighted by molar-refractivity contribution is 0.245. The molecule has 28 heavy (non-hydrogen) atoms. The molecule has 0 radical (unpaired) electrons. The highest BCUT2D eigenvalue weighted by Crippen LogP contribution is 2.24. The Balaban J connectivity index is 0.00000280. The largest absolute Gasteiger partial charge is 0.497 e. The predicted molar refractivity (Wildman–Crippen MR) is 127 cm³/mol. The Morgan fingerprint density at radius 3 is 2.32 bits per heavy atom. The van der Waals surface area contributed by atoms with Gasteiger partial charge in [-0.05, 0) is 49.2 Å². The number of rotatable bonds is 7. The zero-order chi connectivity index (χ0) is 18.9. The van der Waals surface area contributed by atoms with Crippen molar-refractivity contribution in [3.8, 4) is 5.75 Å². The standard InChI is InChI=1S/C22H30N4O.HI/c1-23-22(24-16-18-10-12-20(27-2)13-11-18)25-17-21(26-14-6-7-15-26)19-8-4-3-5-9-19;/h3-5,8-13,21H,6-7,14-17H2,1-2H3,(H2,23,24,25);1H. The van der Waals surface area contributed by atoms with Crippen molar-refractivity contribution in [3.63, 3.8) is 0 Å². The van der Waals surface area contributed by atoms with Gasteiger partial charge in [0.25, 0.3) is 0 Å². The van der Waals surface area contributed by atoms with Crippen LogP contribution in [0.1, 0.15) is 30.0 Å². The number of hydrogen-bond acceptors (Lipinski definition) is 3. The monoisotopic (exact) mass is 494 g/mol. The maximum Gasteiger partial charge on any atom is 0.191 e. The minimum absolute atomic E-state index is 0. The number of aliphatic imine (C=N–C) groups is 1. The molecule has 152 valence electrons. The SMILES string of the molecule is CN=C(NCc1ccc(OC)cc1)NCC(c1ccccc1)N1CCCC1.I. The van der Waals surface area contributed by atoms with E-state index >= 15 is 0 Å². The second-order valence-corrected chi connectivity index (χ2v) is 6.82. The molecule has 1 aliphatic rings. The van der Waals surface area contributed by atoms with E-state index in [4.69, 9.17) is 4.74 Å². The molecule has 2 aromatic carbocycles. The Morgan fingerprint density at radius 2 is 1.71 bits per heavy atom. The van der Waals surface area contributed by atoms with Gasteiger partial charge in [0, 0.05) is 20.1 Å². The molecular weight excluding hydrogens is 463 g/mol. The van der Waals surface area contributed by atoms with Crippen LogP contribution in [0.2, 0.25) is 0 Å². The molecule has 1 saturated heterocycles. The van der Waals surface area contributed by atoms with Crippen LogP contribution in [0.4, 0.5) is 0 Å². The summed E-state index contributed by atoms with van der Waals surface area (Å²) in [6.07, 6.45) is 2.57. The number of nitrogens with one attached hydrogen (secondary N) is 2. The van der Waals surface area contributed by atoms with Crippen molar-refractivity contribution < 1.29 is 4.74 Å². The number of guanidine groups is 1. The predicted octanol–water partition coefficient (Wildman–Crippen LogP) is 3.82. The Hall–Kier alpha value is -1.80. The topological polar surface area (TPSA) is 48.9 Å². The molecule has 1 fully saturated rings. The number of methoxy groups -OCH3 is 1. The molecule has 0 aliphatic carbocycles. The summed E-state index contributed by atoms with van der Waals surface area (Å²) in [4.78, 5) is 6.95. The molecule has 1 aliphatic heterocycles. The number of ether oxygens (including phenoxy) is 1. The number of halogens is 1. The number of nitrogens with zero attached hydrogens (tertiary/aromatic N) is 2. The minimum atomic E-state index is 0. The maximum atomic E-state index is 5.21. The van der Waals surface area contributed by atoms with E-state index in [9.17, 15) is 0 Å². The van der Waals surface area contributed by atoms with Crippen molar-refractivity contribution >= 4 is 29.9 Å². The Bertz CT molecular complexity index is 715. The van der Waals surface area contributed by atoms with E-state index in [2.05, 4.69) is 63.0 Å². The molecule has 0 saturated carbocycles. The Kier molecular flexibility index (Phi) is 9.57. The van der Waals surface area contributed by atoms with E-state index in [1.165, 1.54) is 37.1 Å². The fraction of sp³-hybridized carbons (Fsp3) is 0.409. The van der Waals surface area contributed by atoms with Gasteiger partial charge >= 0.3 is 0 Å². The van der Waals surface area contributed by atoms with Gasteiger partial charge in [0.2, 0.25) is 0 Å². The van der Waals surface area contributed by atoms with Crippen LogP contribution in [0, 0.1) is 0 Å². The smallest absolute Gasteiger partial charge is 0.191 e. The van der Waals surface area contributed by atoms with Crippen LogP contribution < -0.4 is 15.4 Å². The number of hydrogen-bond donors (Lipinski definition) is 2. The molecule has 6 heteroatoms. The summed E-state index contributed by atoms with van der Waals surface area (Å²) >= 11 is 0. The summed E-state index contributed by atoms with van der Waals surface area (Å²) in [6, 6.07) is 19.2. The van der Waals surface area contributed by atoms with Crippen molar-refractivity contribution in [2.45, 2.75) is 25.4 Å². The molecule has 5 nitrogen and oxygen atoms in total. The minimum Gasteiger partial charge on any atom is -0.497 e. The van der Waals surface area contributed by atoms with E-state index in [1.54, 1.807) is 7.11 Å². The van der Waals surface area contributed by atoms with Gasteiger partial charge in [0.05, 0.1) is 13.2 Å². The Morgan fingerprint density at radius 1 is 1.04 bits per heavy atom. The highest BCUT2D eigenvalue weighted by atomic mass is 127. The summed E-state index contributed by atoms with van der Waals surface area (Å²) < 4.78 is 5.21. The van der Waals surface area contributed by atoms with Gasteiger partial charge in [0.15, 0.2) is 5.96 Å². The first kappa shape index (κ1) is 22.5. The molecule has 0 aromatic heterocycles. The zero-order valence-electron chi connectivity index (χ0n) is 16.7. The molecule has 0 bridgehead atoms. The first-order chi connectivity index (χ1) is 13.3. The van der Waals surface area contributed by atoms with E-state index in [1.807, 2.05) is 19.2 Å². The molecule has 0 spiro atoms. The quantitative estimate of drug-likeness (QED) is 0.349. The number of benzene rings is 2. The van der Waals surface area contributed by atoms with Crippen LogP contribution >= 0.6 is 24.0 Å².